The predicted molar refractivity (Wildman–Crippen MR) is 105 cm³/mol. The fraction of sp³-hybridized carbons (Fsp3) is 0.476. The van der Waals surface area contributed by atoms with Gasteiger partial charge in [-0.25, -0.2) is 0 Å². The van der Waals surface area contributed by atoms with Gasteiger partial charge in [-0.1, -0.05) is 24.3 Å². The second-order valence-electron chi connectivity index (χ2n) is 7.87. The highest BCUT2D eigenvalue weighted by atomic mass is 16.5. The molecule has 0 unspecified atom stereocenters. The fourth-order valence-electron chi connectivity index (χ4n) is 4.34. The van der Waals surface area contributed by atoms with E-state index in [2.05, 4.69) is 10.4 Å². The SMILES string of the molecule is CCN1C(=O)CO[C@H](C(=O)NCC2(O)Cc3ccccc3C2)[C@H]1c1cnn(C)c1. The van der Waals surface area contributed by atoms with E-state index < -0.39 is 17.7 Å². The summed E-state index contributed by atoms with van der Waals surface area (Å²) in [7, 11) is 1.79. The van der Waals surface area contributed by atoms with Crippen molar-refractivity contribution in [3.8, 4) is 0 Å². The minimum atomic E-state index is -1.02. The Morgan fingerprint density at radius 3 is 2.62 bits per heavy atom. The molecule has 4 rings (SSSR count). The quantitative estimate of drug-likeness (QED) is 0.758. The maximum Gasteiger partial charge on any atom is 0.251 e. The molecule has 8 nitrogen and oxygen atoms in total. The molecule has 1 aliphatic heterocycles. The smallest absolute Gasteiger partial charge is 0.251 e. The van der Waals surface area contributed by atoms with Crippen molar-refractivity contribution in [3.05, 3.63) is 53.3 Å². The Bertz CT molecular complexity index is 900. The van der Waals surface area contributed by atoms with E-state index in [4.69, 9.17) is 4.74 Å². The van der Waals surface area contributed by atoms with Gasteiger partial charge in [-0.2, -0.15) is 5.10 Å². The van der Waals surface area contributed by atoms with Gasteiger partial charge in [0, 0.05) is 44.7 Å². The van der Waals surface area contributed by atoms with E-state index in [0.717, 1.165) is 16.7 Å². The van der Waals surface area contributed by atoms with Crippen molar-refractivity contribution >= 4 is 11.8 Å². The van der Waals surface area contributed by atoms with Crippen molar-refractivity contribution in [3.63, 3.8) is 0 Å². The summed E-state index contributed by atoms with van der Waals surface area (Å²) < 4.78 is 7.28. The average Bonchev–Trinajstić information content (AvgIpc) is 3.28. The Labute approximate surface area is 169 Å². The van der Waals surface area contributed by atoms with E-state index in [1.54, 1.807) is 29.0 Å². The van der Waals surface area contributed by atoms with E-state index in [0.29, 0.717) is 19.4 Å². The van der Waals surface area contributed by atoms with Crippen LogP contribution in [-0.2, 0) is 34.2 Å². The second kappa shape index (κ2) is 7.61. The number of aromatic nitrogens is 2. The highest BCUT2D eigenvalue weighted by Gasteiger charge is 2.43. The molecule has 0 bridgehead atoms. The number of morpholine rings is 1. The zero-order valence-corrected chi connectivity index (χ0v) is 16.7. The molecule has 2 aromatic rings. The van der Waals surface area contributed by atoms with Crippen LogP contribution in [0.2, 0.25) is 0 Å². The number of aliphatic hydroxyl groups is 1. The van der Waals surface area contributed by atoms with Crippen molar-refractivity contribution in [2.75, 3.05) is 19.7 Å². The maximum absolute atomic E-state index is 13.0. The van der Waals surface area contributed by atoms with Gasteiger partial charge in [0.2, 0.25) is 5.91 Å². The number of likely N-dealkylation sites (N-methyl/N-ethyl adjacent to an activating group) is 1. The van der Waals surface area contributed by atoms with Crippen molar-refractivity contribution in [2.45, 2.75) is 37.5 Å². The van der Waals surface area contributed by atoms with Crippen LogP contribution in [-0.4, -0.2) is 63.0 Å². The number of benzene rings is 1. The highest BCUT2D eigenvalue weighted by Crippen LogP contribution is 2.31. The molecule has 1 saturated heterocycles. The third-order valence-electron chi connectivity index (χ3n) is 5.74. The lowest BCUT2D eigenvalue weighted by Crippen LogP contribution is -2.56. The molecule has 2 atom stereocenters. The zero-order chi connectivity index (χ0) is 20.6. The monoisotopic (exact) mass is 398 g/mol. The zero-order valence-electron chi connectivity index (χ0n) is 16.7. The molecule has 1 aliphatic carbocycles. The Balaban J connectivity index is 1.49. The fourth-order valence-corrected chi connectivity index (χ4v) is 4.34. The summed E-state index contributed by atoms with van der Waals surface area (Å²) in [6.45, 7) is 2.32. The van der Waals surface area contributed by atoms with Crippen molar-refractivity contribution in [1.29, 1.82) is 0 Å². The number of carbonyl (C=O) groups is 2. The van der Waals surface area contributed by atoms with Crippen LogP contribution in [0.1, 0.15) is 29.7 Å². The minimum Gasteiger partial charge on any atom is -0.387 e. The molecule has 1 aromatic heterocycles. The number of ether oxygens (including phenoxy) is 1. The van der Waals surface area contributed by atoms with E-state index >= 15 is 0 Å². The number of hydrogen-bond acceptors (Lipinski definition) is 5. The van der Waals surface area contributed by atoms with E-state index in [-0.39, 0.29) is 25.0 Å². The number of aryl methyl sites for hydroxylation is 1. The van der Waals surface area contributed by atoms with Crippen LogP contribution >= 0.6 is 0 Å². The highest BCUT2D eigenvalue weighted by molar-refractivity contribution is 5.86. The number of nitrogens with one attached hydrogen (secondary N) is 1. The van der Waals surface area contributed by atoms with Crippen LogP contribution in [0.15, 0.2) is 36.7 Å². The molecule has 29 heavy (non-hydrogen) atoms. The number of hydrogen-bond donors (Lipinski definition) is 2. The summed E-state index contributed by atoms with van der Waals surface area (Å²) in [4.78, 5) is 27.0. The standard InChI is InChI=1S/C21H26N4O4/c1-3-25-17(26)12-29-19(18(25)16-10-23-24(2)11-16)20(27)22-13-21(28)8-14-6-4-5-7-15(14)9-21/h4-7,10-11,18-19,28H,3,8-9,12-13H2,1-2H3,(H,22,27)/t18-,19+/m1/s1. The van der Waals surface area contributed by atoms with Crippen molar-refractivity contribution in [2.24, 2.45) is 7.05 Å². The number of amides is 2. The summed E-state index contributed by atoms with van der Waals surface area (Å²) in [6, 6.07) is 7.36. The topological polar surface area (TPSA) is 96.7 Å². The van der Waals surface area contributed by atoms with Crippen LogP contribution in [0.3, 0.4) is 0 Å². The van der Waals surface area contributed by atoms with E-state index in [1.165, 1.54) is 0 Å². The molecule has 2 heterocycles. The lowest BCUT2D eigenvalue weighted by Gasteiger charge is -2.39. The van der Waals surface area contributed by atoms with Crippen LogP contribution in [0.25, 0.3) is 0 Å². The first kappa shape index (κ1) is 19.6. The maximum atomic E-state index is 13.0. The van der Waals surface area contributed by atoms with Gasteiger partial charge in [0.1, 0.15) is 6.61 Å². The summed E-state index contributed by atoms with van der Waals surface area (Å²) in [5, 5.41) is 18.0. The largest absolute Gasteiger partial charge is 0.387 e. The Hall–Kier alpha value is -2.71. The molecule has 154 valence electrons. The lowest BCUT2D eigenvalue weighted by molar-refractivity contribution is -0.164. The normalized spacial score (nSPS) is 23.1. The van der Waals surface area contributed by atoms with Crippen molar-refractivity contribution < 1.29 is 19.4 Å². The molecule has 0 radical (unpaired) electrons. The molecule has 1 aromatic carbocycles. The number of nitrogens with zero attached hydrogens (tertiary/aromatic N) is 3. The molecule has 2 aliphatic rings. The van der Waals surface area contributed by atoms with Crippen molar-refractivity contribution in [1.82, 2.24) is 20.0 Å². The molecule has 2 amide bonds. The molecule has 8 heteroatoms. The van der Waals surface area contributed by atoms with Gasteiger partial charge in [-0.05, 0) is 18.1 Å². The van der Waals surface area contributed by atoms with Gasteiger partial charge in [0.15, 0.2) is 6.10 Å². The Kier molecular flexibility index (Phi) is 5.14. The number of carbonyl (C=O) groups excluding carboxylic acids is 2. The molecule has 2 N–H and O–H groups in total. The van der Waals surface area contributed by atoms with Gasteiger partial charge in [0.05, 0.1) is 17.8 Å². The van der Waals surface area contributed by atoms with Gasteiger partial charge in [0.25, 0.3) is 5.91 Å². The molecular weight excluding hydrogens is 372 g/mol. The lowest BCUT2D eigenvalue weighted by atomic mass is 9.98. The molecule has 0 saturated carbocycles. The van der Waals surface area contributed by atoms with Gasteiger partial charge < -0.3 is 20.1 Å². The number of fused-ring (bicyclic) bond motifs is 1. The van der Waals surface area contributed by atoms with Gasteiger partial charge >= 0.3 is 0 Å². The third kappa shape index (κ3) is 3.77. The van der Waals surface area contributed by atoms with Crippen LogP contribution < -0.4 is 5.32 Å². The van der Waals surface area contributed by atoms with Crippen LogP contribution in [0, 0.1) is 0 Å². The first-order valence-electron chi connectivity index (χ1n) is 9.87. The predicted octanol–water partition coefficient (Wildman–Crippen LogP) is 0.355. The first-order chi connectivity index (χ1) is 13.9. The Morgan fingerprint density at radius 2 is 2.03 bits per heavy atom. The Morgan fingerprint density at radius 1 is 1.34 bits per heavy atom. The third-order valence-corrected chi connectivity index (χ3v) is 5.74. The number of rotatable bonds is 5. The van der Waals surface area contributed by atoms with Gasteiger partial charge in [-0.3, -0.25) is 14.3 Å². The molecule has 1 fully saturated rings. The summed E-state index contributed by atoms with van der Waals surface area (Å²) in [5.74, 6) is -0.496. The van der Waals surface area contributed by atoms with Gasteiger partial charge in [-0.15, -0.1) is 0 Å². The van der Waals surface area contributed by atoms with E-state index in [9.17, 15) is 14.7 Å². The van der Waals surface area contributed by atoms with Crippen LogP contribution in [0.5, 0.6) is 0 Å². The first-order valence-corrected chi connectivity index (χ1v) is 9.87. The summed E-state index contributed by atoms with van der Waals surface area (Å²) in [5.41, 5.74) is 1.94. The van der Waals surface area contributed by atoms with E-state index in [1.807, 2.05) is 31.2 Å². The second-order valence-corrected chi connectivity index (χ2v) is 7.87. The van der Waals surface area contributed by atoms with Crippen LogP contribution in [0.4, 0.5) is 0 Å². The molecular formula is C21H26N4O4. The average molecular weight is 398 g/mol. The minimum absolute atomic E-state index is 0.125. The summed E-state index contributed by atoms with van der Waals surface area (Å²) >= 11 is 0. The summed E-state index contributed by atoms with van der Waals surface area (Å²) in [6.07, 6.45) is 3.58. The molecule has 0 spiro atoms.